The number of rotatable bonds is 2. The Morgan fingerprint density at radius 2 is 1.88 bits per heavy atom. The first-order chi connectivity index (χ1) is 7.70. The number of nitrogens with zero attached hydrogens (tertiary/aromatic N) is 1. The van der Waals surface area contributed by atoms with Crippen LogP contribution in [-0.2, 0) is 4.79 Å². The van der Waals surface area contributed by atoms with Gasteiger partial charge in [-0.15, -0.1) is 11.6 Å². The van der Waals surface area contributed by atoms with Crippen LogP contribution in [0.4, 0.5) is 4.79 Å². The van der Waals surface area contributed by atoms with Crippen LogP contribution < -0.4 is 5.32 Å². The summed E-state index contributed by atoms with van der Waals surface area (Å²) < 4.78 is 0. The average molecular weight is 245 g/mol. The average Bonchev–Trinajstić information content (AvgIpc) is 2.76. The SMILES string of the molecule is O=C(CCCl)NC(=O)N1CC2CCCC2C1. The van der Waals surface area contributed by atoms with Crippen LogP contribution >= 0.6 is 11.6 Å². The molecular weight excluding hydrogens is 228 g/mol. The van der Waals surface area contributed by atoms with Crippen molar-refractivity contribution in [3.63, 3.8) is 0 Å². The fourth-order valence-electron chi connectivity index (χ4n) is 2.75. The lowest BCUT2D eigenvalue weighted by atomic mass is 10.0. The molecule has 0 aromatic rings. The Hall–Kier alpha value is -0.770. The Morgan fingerprint density at radius 1 is 1.25 bits per heavy atom. The third-order valence-electron chi connectivity index (χ3n) is 3.58. The number of amides is 3. The van der Waals surface area contributed by atoms with Crippen LogP contribution in [-0.4, -0.2) is 35.8 Å². The predicted octanol–water partition coefficient (Wildman–Crippen LogP) is 1.58. The maximum Gasteiger partial charge on any atom is 0.324 e. The molecule has 1 saturated carbocycles. The maximum absolute atomic E-state index is 11.7. The summed E-state index contributed by atoms with van der Waals surface area (Å²) in [5, 5.41) is 2.38. The number of fused-ring (bicyclic) bond motifs is 1. The van der Waals surface area contributed by atoms with E-state index in [-0.39, 0.29) is 24.2 Å². The molecule has 0 bridgehead atoms. The monoisotopic (exact) mass is 244 g/mol. The Kier molecular flexibility index (Phi) is 3.69. The number of halogens is 1. The van der Waals surface area contributed by atoms with E-state index in [1.165, 1.54) is 19.3 Å². The van der Waals surface area contributed by atoms with E-state index in [0.717, 1.165) is 13.1 Å². The largest absolute Gasteiger partial charge is 0.324 e. The molecular formula is C11H17ClN2O2. The summed E-state index contributed by atoms with van der Waals surface area (Å²) in [6.45, 7) is 1.62. The lowest BCUT2D eigenvalue weighted by Gasteiger charge is -2.17. The van der Waals surface area contributed by atoms with Crippen LogP contribution in [0.25, 0.3) is 0 Å². The van der Waals surface area contributed by atoms with Crippen LogP contribution in [0.15, 0.2) is 0 Å². The molecule has 2 rings (SSSR count). The molecule has 0 aromatic heterocycles. The van der Waals surface area contributed by atoms with E-state index in [9.17, 15) is 9.59 Å². The van der Waals surface area contributed by atoms with Crippen LogP contribution in [0.3, 0.4) is 0 Å². The van der Waals surface area contributed by atoms with Crippen molar-refractivity contribution >= 4 is 23.5 Å². The van der Waals surface area contributed by atoms with Gasteiger partial charge in [0, 0.05) is 25.4 Å². The number of nitrogens with one attached hydrogen (secondary N) is 1. The smallest absolute Gasteiger partial charge is 0.324 e. The summed E-state index contributed by atoms with van der Waals surface area (Å²) in [6.07, 6.45) is 3.94. The van der Waals surface area contributed by atoms with Gasteiger partial charge in [0.1, 0.15) is 0 Å². The second-order valence-corrected chi connectivity index (χ2v) is 5.03. The number of alkyl halides is 1. The van der Waals surface area contributed by atoms with Crippen molar-refractivity contribution in [2.75, 3.05) is 19.0 Å². The van der Waals surface area contributed by atoms with E-state index in [4.69, 9.17) is 11.6 Å². The van der Waals surface area contributed by atoms with Crippen molar-refractivity contribution in [1.82, 2.24) is 10.2 Å². The Labute approximate surface area is 100 Å². The van der Waals surface area contributed by atoms with Gasteiger partial charge in [0.25, 0.3) is 0 Å². The van der Waals surface area contributed by atoms with E-state index in [2.05, 4.69) is 5.32 Å². The van der Waals surface area contributed by atoms with Gasteiger partial charge < -0.3 is 4.90 Å². The highest BCUT2D eigenvalue weighted by Gasteiger charge is 2.38. The second-order valence-electron chi connectivity index (χ2n) is 4.65. The van der Waals surface area contributed by atoms with Crippen molar-refractivity contribution < 1.29 is 9.59 Å². The minimum absolute atomic E-state index is 0.202. The van der Waals surface area contributed by atoms with Gasteiger partial charge in [-0.05, 0) is 24.7 Å². The number of hydrogen-bond donors (Lipinski definition) is 1. The van der Waals surface area contributed by atoms with Gasteiger partial charge in [0.15, 0.2) is 0 Å². The van der Waals surface area contributed by atoms with Gasteiger partial charge in [-0.3, -0.25) is 10.1 Å². The zero-order valence-corrected chi connectivity index (χ0v) is 10.0. The molecule has 2 unspecified atom stereocenters. The van der Waals surface area contributed by atoms with Crippen LogP contribution in [0.2, 0.25) is 0 Å². The number of urea groups is 1. The Morgan fingerprint density at radius 3 is 2.44 bits per heavy atom. The summed E-state index contributed by atoms with van der Waals surface area (Å²) in [5.74, 6) is 1.30. The van der Waals surface area contributed by atoms with E-state index < -0.39 is 0 Å². The van der Waals surface area contributed by atoms with Gasteiger partial charge in [-0.25, -0.2) is 4.79 Å². The number of imide groups is 1. The normalized spacial score (nSPS) is 27.9. The maximum atomic E-state index is 11.7. The minimum atomic E-state index is -0.281. The molecule has 16 heavy (non-hydrogen) atoms. The lowest BCUT2D eigenvalue weighted by molar-refractivity contribution is -0.119. The molecule has 1 N–H and O–H groups in total. The van der Waals surface area contributed by atoms with Gasteiger partial charge in [0.2, 0.25) is 5.91 Å². The first-order valence-electron chi connectivity index (χ1n) is 5.85. The van der Waals surface area contributed by atoms with E-state index in [1.807, 2.05) is 0 Å². The number of hydrogen-bond acceptors (Lipinski definition) is 2. The second kappa shape index (κ2) is 5.04. The highest BCUT2D eigenvalue weighted by molar-refractivity contribution is 6.19. The molecule has 1 heterocycles. The molecule has 0 aromatic carbocycles. The highest BCUT2D eigenvalue weighted by atomic mass is 35.5. The summed E-state index contributed by atoms with van der Waals surface area (Å²) in [5.41, 5.74) is 0. The first kappa shape index (κ1) is 11.7. The molecule has 3 amide bonds. The molecule has 0 spiro atoms. The van der Waals surface area contributed by atoms with Gasteiger partial charge >= 0.3 is 6.03 Å². The van der Waals surface area contributed by atoms with Gasteiger partial charge in [-0.1, -0.05) is 6.42 Å². The fraction of sp³-hybridized carbons (Fsp3) is 0.818. The molecule has 0 radical (unpaired) electrons. The number of carbonyl (C=O) groups excluding carboxylic acids is 2. The summed E-state index contributed by atoms with van der Waals surface area (Å²) >= 11 is 5.43. The van der Waals surface area contributed by atoms with Crippen molar-refractivity contribution in [3.8, 4) is 0 Å². The summed E-state index contributed by atoms with van der Waals surface area (Å²) in [6, 6.07) is -0.246. The van der Waals surface area contributed by atoms with E-state index in [1.54, 1.807) is 4.90 Å². The summed E-state index contributed by atoms with van der Waals surface area (Å²) in [4.78, 5) is 24.7. The quantitative estimate of drug-likeness (QED) is 0.750. The molecule has 5 heteroatoms. The molecule has 2 aliphatic rings. The molecule has 1 aliphatic heterocycles. The molecule has 90 valence electrons. The van der Waals surface area contributed by atoms with Crippen molar-refractivity contribution in [2.24, 2.45) is 11.8 Å². The van der Waals surface area contributed by atoms with E-state index >= 15 is 0 Å². The third-order valence-corrected chi connectivity index (χ3v) is 3.77. The lowest BCUT2D eigenvalue weighted by Crippen LogP contribution is -2.42. The van der Waals surface area contributed by atoms with Crippen LogP contribution in [0.5, 0.6) is 0 Å². The third kappa shape index (κ3) is 2.48. The Balaban J connectivity index is 1.80. The van der Waals surface area contributed by atoms with Crippen LogP contribution in [0, 0.1) is 11.8 Å². The minimum Gasteiger partial charge on any atom is -0.324 e. The molecule has 2 fully saturated rings. The predicted molar refractivity (Wildman–Crippen MR) is 61.3 cm³/mol. The van der Waals surface area contributed by atoms with Crippen LogP contribution in [0.1, 0.15) is 25.7 Å². The van der Waals surface area contributed by atoms with Crippen molar-refractivity contribution in [1.29, 1.82) is 0 Å². The zero-order valence-electron chi connectivity index (χ0n) is 9.25. The van der Waals surface area contributed by atoms with Crippen molar-refractivity contribution in [3.05, 3.63) is 0 Å². The number of likely N-dealkylation sites (tertiary alicyclic amines) is 1. The molecule has 2 atom stereocenters. The Bertz CT molecular complexity index is 284. The molecule has 4 nitrogen and oxygen atoms in total. The standard InChI is InChI=1S/C11H17ClN2O2/c12-5-4-10(15)13-11(16)14-6-8-2-1-3-9(8)7-14/h8-9H,1-7H2,(H,13,15,16). The molecule has 1 aliphatic carbocycles. The summed E-state index contributed by atoms with van der Waals surface area (Å²) in [7, 11) is 0. The number of carbonyl (C=O) groups is 2. The first-order valence-corrected chi connectivity index (χ1v) is 6.39. The van der Waals surface area contributed by atoms with Gasteiger partial charge in [-0.2, -0.15) is 0 Å². The highest BCUT2D eigenvalue weighted by Crippen LogP contribution is 2.37. The molecule has 1 saturated heterocycles. The zero-order chi connectivity index (χ0) is 11.5. The fourth-order valence-corrected chi connectivity index (χ4v) is 2.92. The van der Waals surface area contributed by atoms with E-state index in [0.29, 0.717) is 11.8 Å². The van der Waals surface area contributed by atoms with Gasteiger partial charge in [0.05, 0.1) is 0 Å². The van der Waals surface area contributed by atoms with Crippen molar-refractivity contribution in [2.45, 2.75) is 25.7 Å². The topological polar surface area (TPSA) is 49.4 Å².